The molecule has 2 heterocycles. The highest BCUT2D eigenvalue weighted by Gasteiger charge is 2.29. The molecule has 1 saturated carbocycles. The van der Waals surface area contributed by atoms with Crippen LogP contribution in [0.5, 0.6) is 0 Å². The van der Waals surface area contributed by atoms with Gasteiger partial charge in [-0.2, -0.15) is 4.31 Å². The van der Waals surface area contributed by atoms with Gasteiger partial charge in [0, 0.05) is 24.6 Å². The number of carbonyl (C=O) groups excluding carboxylic acids is 1. The van der Waals surface area contributed by atoms with E-state index < -0.39 is 10.0 Å². The highest BCUT2D eigenvalue weighted by molar-refractivity contribution is 7.89. The average molecular weight is 407 g/mol. The van der Waals surface area contributed by atoms with E-state index in [1.807, 2.05) is 0 Å². The number of rotatable bonds is 5. The summed E-state index contributed by atoms with van der Waals surface area (Å²) in [4.78, 5) is 12.9. The Morgan fingerprint density at radius 2 is 1.93 bits per heavy atom. The van der Waals surface area contributed by atoms with E-state index in [-0.39, 0.29) is 10.8 Å². The zero-order valence-electron chi connectivity index (χ0n) is 15.1. The Kier molecular flexibility index (Phi) is 5.00. The Balaban J connectivity index is 1.56. The Hall–Kier alpha value is -1.84. The van der Waals surface area contributed by atoms with E-state index in [0.717, 1.165) is 42.7 Å². The molecule has 0 unspecified atom stereocenters. The number of nitrogens with one attached hydrogen (secondary N) is 1. The van der Waals surface area contributed by atoms with Crippen molar-refractivity contribution in [1.29, 1.82) is 0 Å². The van der Waals surface area contributed by atoms with Crippen molar-refractivity contribution < 1.29 is 13.2 Å². The van der Waals surface area contributed by atoms with Crippen LogP contribution in [0.1, 0.15) is 59.0 Å². The van der Waals surface area contributed by atoms with Crippen molar-refractivity contribution in [3.05, 3.63) is 34.3 Å². The zero-order valence-corrected chi connectivity index (χ0v) is 16.8. The van der Waals surface area contributed by atoms with Crippen molar-refractivity contribution in [3.63, 3.8) is 0 Å². The summed E-state index contributed by atoms with van der Waals surface area (Å²) < 4.78 is 27.3. The molecule has 0 spiro atoms. The monoisotopic (exact) mass is 406 g/mol. The number of anilines is 1. The summed E-state index contributed by atoms with van der Waals surface area (Å²) in [6.45, 7) is 2.86. The third kappa shape index (κ3) is 3.90. The first kappa shape index (κ1) is 18.5. The summed E-state index contributed by atoms with van der Waals surface area (Å²) in [7, 11) is -3.58. The molecule has 2 aliphatic rings. The van der Waals surface area contributed by atoms with Gasteiger partial charge >= 0.3 is 0 Å². The number of sulfonamides is 1. The molecule has 1 aromatic carbocycles. The van der Waals surface area contributed by atoms with Gasteiger partial charge in [0.15, 0.2) is 0 Å². The van der Waals surface area contributed by atoms with Gasteiger partial charge in [-0.15, -0.1) is 10.2 Å². The molecule has 7 nitrogen and oxygen atoms in total. The molecular weight excluding hydrogens is 384 g/mol. The van der Waals surface area contributed by atoms with Gasteiger partial charge in [0.25, 0.3) is 5.91 Å². The molecule has 1 N–H and O–H groups in total. The molecule has 0 bridgehead atoms. The van der Waals surface area contributed by atoms with E-state index in [9.17, 15) is 13.2 Å². The smallest absolute Gasteiger partial charge is 0.257 e. The number of benzene rings is 1. The fraction of sp³-hybridized carbons (Fsp3) is 0.500. The fourth-order valence-electron chi connectivity index (χ4n) is 3.21. The maximum atomic E-state index is 12.9. The number of piperidine rings is 1. The van der Waals surface area contributed by atoms with Crippen LogP contribution < -0.4 is 5.32 Å². The van der Waals surface area contributed by atoms with Crippen LogP contribution in [0.15, 0.2) is 23.1 Å². The van der Waals surface area contributed by atoms with Gasteiger partial charge < -0.3 is 0 Å². The minimum Gasteiger partial charge on any atom is -0.296 e. The van der Waals surface area contributed by atoms with Crippen LogP contribution in [0.3, 0.4) is 0 Å². The molecule has 0 atom stereocenters. The second-order valence-electron chi connectivity index (χ2n) is 7.12. The first-order valence-corrected chi connectivity index (χ1v) is 11.5. The normalized spacial score (nSPS) is 18.4. The van der Waals surface area contributed by atoms with Crippen molar-refractivity contribution >= 4 is 32.4 Å². The molecule has 1 aromatic heterocycles. The number of aryl methyl sites for hydroxylation is 1. The molecule has 1 saturated heterocycles. The van der Waals surface area contributed by atoms with Crippen molar-refractivity contribution in [2.45, 2.75) is 49.8 Å². The topological polar surface area (TPSA) is 92.3 Å². The van der Waals surface area contributed by atoms with Crippen molar-refractivity contribution in [2.75, 3.05) is 18.4 Å². The third-order valence-corrected chi connectivity index (χ3v) is 7.89. The lowest BCUT2D eigenvalue weighted by molar-refractivity contribution is 0.102. The molecule has 27 heavy (non-hydrogen) atoms. The molecule has 1 aliphatic heterocycles. The number of hydrogen-bond acceptors (Lipinski definition) is 6. The largest absolute Gasteiger partial charge is 0.296 e. The van der Waals surface area contributed by atoms with Crippen LogP contribution in [0.2, 0.25) is 0 Å². The van der Waals surface area contributed by atoms with Gasteiger partial charge in [0.1, 0.15) is 5.01 Å². The highest BCUT2D eigenvalue weighted by Crippen LogP contribution is 2.42. The lowest BCUT2D eigenvalue weighted by Gasteiger charge is -2.26. The lowest BCUT2D eigenvalue weighted by Crippen LogP contribution is -2.35. The second-order valence-corrected chi connectivity index (χ2v) is 10.1. The Labute approximate surface area is 162 Å². The maximum absolute atomic E-state index is 12.9. The Morgan fingerprint density at radius 1 is 1.19 bits per heavy atom. The third-order valence-electron chi connectivity index (χ3n) is 4.99. The standard InChI is InChI=1S/C18H22N4O3S2/c1-12-5-8-14(27(24,25)22-9-3-2-4-10-22)11-15(12)16(23)19-18-21-20-17(26-18)13-6-7-13/h5,8,11,13H,2-4,6-7,9-10H2,1H3,(H,19,21,23). The summed E-state index contributed by atoms with van der Waals surface area (Å²) in [6.07, 6.45) is 5.05. The highest BCUT2D eigenvalue weighted by atomic mass is 32.2. The maximum Gasteiger partial charge on any atom is 0.257 e. The quantitative estimate of drug-likeness (QED) is 0.823. The molecule has 4 rings (SSSR count). The van der Waals surface area contributed by atoms with E-state index in [4.69, 9.17) is 0 Å². The molecule has 9 heteroatoms. The molecule has 144 valence electrons. The predicted octanol–water partition coefficient (Wildman–Crippen LogP) is 3.15. The molecule has 2 aromatic rings. The SMILES string of the molecule is Cc1ccc(S(=O)(=O)N2CCCCC2)cc1C(=O)Nc1nnc(C2CC2)s1. The summed E-state index contributed by atoms with van der Waals surface area (Å²) in [6, 6.07) is 4.73. The Morgan fingerprint density at radius 3 is 2.63 bits per heavy atom. The minimum absolute atomic E-state index is 0.163. The molecule has 2 fully saturated rings. The fourth-order valence-corrected chi connectivity index (χ4v) is 5.66. The van der Waals surface area contributed by atoms with E-state index in [1.54, 1.807) is 19.1 Å². The van der Waals surface area contributed by atoms with Crippen LogP contribution in [0, 0.1) is 6.92 Å². The van der Waals surface area contributed by atoms with Gasteiger partial charge in [-0.1, -0.05) is 23.8 Å². The first-order chi connectivity index (χ1) is 12.9. The van der Waals surface area contributed by atoms with Crippen LogP contribution in [0.25, 0.3) is 0 Å². The van der Waals surface area contributed by atoms with E-state index in [0.29, 0.717) is 29.7 Å². The average Bonchev–Trinajstić information content (AvgIpc) is 3.42. The van der Waals surface area contributed by atoms with Gasteiger partial charge in [0.05, 0.1) is 4.90 Å². The van der Waals surface area contributed by atoms with E-state index in [2.05, 4.69) is 15.5 Å². The van der Waals surface area contributed by atoms with Crippen LogP contribution in [-0.2, 0) is 10.0 Å². The van der Waals surface area contributed by atoms with Gasteiger partial charge in [-0.05, 0) is 50.3 Å². The van der Waals surface area contributed by atoms with E-state index in [1.165, 1.54) is 21.7 Å². The summed E-state index contributed by atoms with van der Waals surface area (Å²) in [5.41, 5.74) is 1.06. The van der Waals surface area contributed by atoms with Crippen molar-refractivity contribution in [3.8, 4) is 0 Å². The molecular formula is C18H22N4O3S2. The molecule has 1 amide bonds. The number of amides is 1. The van der Waals surface area contributed by atoms with Crippen molar-refractivity contribution in [2.24, 2.45) is 0 Å². The second kappa shape index (κ2) is 7.29. The molecule has 0 radical (unpaired) electrons. The number of aromatic nitrogens is 2. The Bertz CT molecular complexity index is 961. The summed E-state index contributed by atoms with van der Waals surface area (Å²) >= 11 is 1.38. The van der Waals surface area contributed by atoms with Gasteiger partial charge in [0.2, 0.25) is 15.2 Å². The van der Waals surface area contributed by atoms with Crippen LogP contribution in [0.4, 0.5) is 5.13 Å². The van der Waals surface area contributed by atoms with Crippen LogP contribution in [-0.4, -0.2) is 41.9 Å². The number of hydrogen-bond donors (Lipinski definition) is 1. The summed E-state index contributed by atoms with van der Waals surface area (Å²) in [5, 5.41) is 12.3. The first-order valence-electron chi connectivity index (χ1n) is 9.21. The molecule has 1 aliphatic carbocycles. The van der Waals surface area contributed by atoms with Gasteiger partial charge in [-0.25, -0.2) is 8.42 Å². The minimum atomic E-state index is -3.58. The zero-order chi connectivity index (χ0) is 19.0. The van der Waals surface area contributed by atoms with Crippen LogP contribution >= 0.6 is 11.3 Å². The number of carbonyl (C=O) groups is 1. The summed E-state index contributed by atoms with van der Waals surface area (Å²) in [5.74, 6) is 0.120. The van der Waals surface area contributed by atoms with Crippen molar-refractivity contribution in [1.82, 2.24) is 14.5 Å². The predicted molar refractivity (Wildman–Crippen MR) is 104 cm³/mol. The van der Waals surface area contributed by atoms with Gasteiger partial charge in [-0.3, -0.25) is 10.1 Å². The lowest BCUT2D eigenvalue weighted by atomic mass is 10.1. The number of nitrogens with zero attached hydrogens (tertiary/aromatic N) is 3. The van der Waals surface area contributed by atoms with E-state index >= 15 is 0 Å².